The fraction of sp³-hybridized carbons (Fsp3) is 0.190. The molecule has 1 heterocycles. The number of anilines is 1. The summed E-state index contributed by atoms with van der Waals surface area (Å²) in [5.74, 6) is -0.495. The van der Waals surface area contributed by atoms with Crippen molar-refractivity contribution in [3.8, 4) is 0 Å². The number of carbonyl (C=O) groups excluding carboxylic acids is 2. The minimum absolute atomic E-state index is 0.173. The molecule has 2 aromatic carbocycles. The molecular formula is C21H19ClN4O2. The minimum atomic E-state index is -0.322. The van der Waals surface area contributed by atoms with Crippen molar-refractivity contribution in [3.05, 3.63) is 82.6 Å². The summed E-state index contributed by atoms with van der Waals surface area (Å²) in [7, 11) is 0. The molecule has 1 fully saturated rings. The number of benzene rings is 2. The Morgan fingerprint density at radius 2 is 1.82 bits per heavy atom. The van der Waals surface area contributed by atoms with Crippen LogP contribution in [0.1, 0.15) is 39.1 Å². The van der Waals surface area contributed by atoms with Crippen molar-refractivity contribution in [1.29, 1.82) is 0 Å². The van der Waals surface area contributed by atoms with Gasteiger partial charge in [-0.25, -0.2) is 0 Å². The van der Waals surface area contributed by atoms with Crippen LogP contribution in [0.3, 0.4) is 0 Å². The normalized spacial score (nSPS) is 13.2. The van der Waals surface area contributed by atoms with Crippen molar-refractivity contribution in [2.75, 3.05) is 5.32 Å². The van der Waals surface area contributed by atoms with Gasteiger partial charge in [-0.2, -0.15) is 5.10 Å². The van der Waals surface area contributed by atoms with Gasteiger partial charge < -0.3 is 10.6 Å². The molecule has 1 aromatic heterocycles. The van der Waals surface area contributed by atoms with E-state index in [1.165, 1.54) is 6.20 Å². The van der Waals surface area contributed by atoms with E-state index < -0.39 is 0 Å². The van der Waals surface area contributed by atoms with Gasteiger partial charge in [0.1, 0.15) is 0 Å². The van der Waals surface area contributed by atoms with Crippen LogP contribution >= 0.6 is 11.6 Å². The zero-order chi connectivity index (χ0) is 19.5. The number of hydrogen-bond donors (Lipinski definition) is 2. The molecule has 0 aliphatic heterocycles. The lowest BCUT2D eigenvalue weighted by molar-refractivity contribution is 0.0952. The van der Waals surface area contributed by atoms with Crippen LogP contribution in [0.15, 0.2) is 60.9 Å². The summed E-state index contributed by atoms with van der Waals surface area (Å²) < 4.78 is 1.65. The SMILES string of the molecule is O=C(Nc1ccccc1C(=O)NC1CC1)c1cnn(Cc2ccccc2Cl)c1. The van der Waals surface area contributed by atoms with Gasteiger partial charge in [-0.3, -0.25) is 14.3 Å². The Hall–Kier alpha value is -3.12. The highest BCUT2D eigenvalue weighted by molar-refractivity contribution is 6.31. The molecule has 1 saturated carbocycles. The van der Waals surface area contributed by atoms with Crippen LogP contribution in [-0.2, 0) is 6.54 Å². The number of aromatic nitrogens is 2. The molecule has 6 nitrogen and oxygen atoms in total. The number of para-hydroxylation sites is 1. The molecule has 0 spiro atoms. The molecule has 1 aliphatic carbocycles. The summed E-state index contributed by atoms with van der Waals surface area (Å²) in [6.07, 6.45) is 5.17. The van der Waals surface area contributed by atoms with Crippen LogP contribution in [0.4, 0.5) is 5.69 Å². The van der Waals surface area contributed by atoms with Crippen molar-refractivity contribution in [1.82, 2.24) is 15.1 Å². The quantitative estimate of drug-likeness (QED) is 0.668. The molecule has 2 amide bonds. The summed E-state index contributed by atoms with van der Waals surface area (Å²) in [5, 5.41) is 10.6. The lowest BCUT2D eigenvalue weighted by Crippen LogP contribution is -2.26. The Balaban J connectivity index is 1.47. The molecule has 7 heteroatoms. The van der Waals surface area contributed by atoms with Crippen molar-refractivity contribution in [3.63, 3.8) is 0 Å². The summed E-state index contributed by atoms with van der Waals surface area (Å²) >= 11 is 6.18. The predicted molar refractivity (Wildman–Crippen MR) is 108 cm³/mol. The Bertz CT molecular complexity index is 1030. The molecule has 0 saturated heterocycles. The molecule has 0 bridgehead atoms. The van der Waals surface area contributed by atoms with E-state index in [9.17, 15) is 9.59 Å². The van der Waals surface area contributed by atoms with E-state index in [1.54, 1.807) is 35.1 Å². The predicted octanol–water partition coefficient (Wildman–Crippen LogP) is 3.73. The Labute approximate surface area is 167 Å². The average Bonchev–Trinajstić information content (AvgIpc) is 3.38. The van der Waals surface area contributed by atoms with Crippen LogP contribution in [0, 0.1) is 0 Å². The molecule has 0 atom stereocenters. The summed E-state index contributed by atoms with van der Waals surface area (Å²) in [6.45, 7) is 0.466. The van der Waals surface area contributed by atoms with Gasteiger partial charge in [0.25, 0.3) is 11.8 Å². The molecular weight excluding hydrogens is 376 g/mol. The lowest BCUT2D eigenvalue weighted by atomic mass is 10.1. The number of amides is 2. The maximum Gasteiger partial charge on any atom is 0.258 e. The highest BCUT2D eigenvalue weighted by Crippen LogP contribution is 2.22. The Morgan fingerprint density at radius 1 is 1.07 bits per heavy atom. The van der Waals surface area contributed by atoms with E-state index in [0.29, 0.717) is 28.4 Å². The van der Waals surface area contributed by atoms with Crippen molar-refractivity contribution >= 4 is 29.1 Å². The molecule has 28 heavy (non-hydrogen) atoms. The van der Waals surface area contributed by atoms with Gasteiger partial charge in [0.2, 0.25) is 0 Å². The molecule has 3 aromatic rings. The van der Waals surface area contributed by atoms with Crippen LogP contribution in [-0.4, -0.2) is 27.6 Å². The molecule has 0 unspecified atom stereocenters. The Morgan fingerprint density at radius 3 is 2.61 bits per heavy atom. The molecule has 142 valence electrons. The smallest absolute Gasteiger partial charge is 0.258 e. The molecule has 0 radical (unpaired) electrons. The van der Waals surface area contributed by atoms with Gasteiger partial charge in [0.05, 0.1) is 29.6 Å². The third-order valence-corrected chi connectivity index (χ3v) is 4.89. The number of hydrogen-bond acceptors (Lipinski definition) is 3. The van der Waals surface area contributed by atoms with Crippen LogP contribution in [0.25, 0.3) is 0 Å². The molecule has 4 rings (SSSR count). The number of halogens is 1. The summed E-state index contributed by atoms with van der Waals surface area (Å²) in [5.41, 5.74) is 2.25. The second-order valence-electron chi connectivity index (χ2n) is 6.77. The highest BCUT2D eigenvalue weighted by atomic mass is 35.5. The summed E-state index contributed by atoms with van der Waals surface area (Å²) in [6, 6.07) is 14.7. The first kappa shape index (κ1) is 18.3. The first-order valence-electron chi connectivity index (χ1n) is 9.07. The lowest BCUT2D eigenvalue weighted by Gasteiger charge is -2.10. The van der Waals surface area contributed by atoms with Crippen LogP contribution in [0.2, 0.25) is 5.02 Å². The highest BCUT2D eigenvalue weighted by Gasteiger charge is 2.25. The van der Waals surface area contributed by atoms with E-state index in [4.69, 9.17) is 11.6 Å². The largest absolute Gasteiger partial charge is 0.349 e. The summed E-state index contributed by atoms with van der Waals surface area (Å²) in [4.78, 5) is 25.0. The number of carbonyl (C=O) groups is 2. The third-order valence-electron chi connectivity index (χ3n) is 4.52. The average molecular weight is 395 g/mol. The third kappa shape index (κ3) is 4.23. The van der Waals surface area contributed by atoms with E-state index in [2.05, 4.69) is 15.7 Å². The van der Waals surface area contributed by atoms with E-state index in [1.807, 2.05) is 24.3 Å². The fourth-order valence-electron chi connectivity index (χ4n) is 2.84. The van der Waals surface area contributed by atoms with Gasteiger partial charge in [0, 0.05) is 17.3 Å². The second kappa shape index (κ2) is 7.86. The van der Waals surface area contributed by atoms with Crippen molar-refractivity contribution in [2.24, 2.45) is 0 Å². The number of nitrogens with zero attached hydrogens (tertiary/aromatic N) is 2. The number of rotatable bonds is 6. The maximum atomic E-state index is 12.6. The van der Waals surface area contributed by atoms with Gasteiger partial charge in [-0.15, -0.1) is 0 Å². The fourth-order valence-corrected chi connectivity index (χ4v) is 3.04. The maximum absolute atomic E-state index is 12.6. The first-order valence-corrected chi connectivity index (χ1v) is 9.45. The standard InChI is InChI=1S/C21H19ClN4O2/c22-18-7-3-1-5-14(18)12-26-13-15(11-23-26)20(27)25-19-8-4-2-6-17(19)21(28)24-16-9-10-16/h1-8,11,13,16H,9-10,12H2,(H,24,28)(H,25,27). The monoisotopic (exact) mass is 394 g/mol. The molecule has 1 aliphatic rings. The first-order chi connectivity index (χ1) is 13.6. The Kier molecular flexibility index (Phi) is 5.12. The van der Waals surface area contributed by atoms with Gasteiger partial charge in [0.15, 0.2) is 0 Å². The van der Waals surface area contributed by atoms with Gasteiger partial charge >= 0.3 is 0 Å². The minimum Gasteiger partial charge on any atom is -0.349 e. The van der Waals surface area contributed by atoms with Crippen LogP contribution in [0.5, 0.6) is 0 Å². The van der Waals surface area contributed by atoms with E-state index in [0.717, 1.165) is 18.4 Å². The zero-order valence-corrected chi connectivity index (χ0v) is 15.8. The number of nitrogens with one attached hydrogen (secondary N) is 2. The zero-order valence-electron chi connectivity index (χ0n) is 15.1. The second-order valence-corrected chi connectivity index (χ2v) is 7.17. The van der Waals surface area contributed by atoms with Gasteiger partial charge in [-0.05, 0) is 36.6 Å². The topological polar surface area (TPSA) is 76.0 Å². The van der Waals surface area contributed by atoms with Gasteiger partial charge in [-0.1, -0.05) is 41.9 Å². The van der Waals surface area contributed by atoms with Crippen LogP contribution < -0.4 is 10.6 Å². The van der Waals surface area contributed by atoms with Crippen molar-refractivity contribution in [2.45, 2.75) is 25.4 Å². The van der Waals surface area contributed by atoms with E-state index >= 15 is 0 Å². The van der Waals surface area contributed by atoms with E-state index in [-0.39, 0.29) is 17.9 Å². The van der Waals surface area contributed by atoms with Crippen molar-refractivity contribution < 1.29 is 9.59 Å². The molecule has 2 N–H and O–H groups in total.